The Balaban J connectivity index is 2.69. The lowest BCUT2D eigenvalue weighted by atomic mass is 10.3. The summed E-state index contributed by atoms with van der Waals surface area (Å²) >= 11 is 0. The summed E-state index contributed by atoms with van der Waals surface area (Å²) in [5.74, 6) is 0. The van der Waals surface area contributed by atoms with Crippen LogP contribution < -0.4 is 0 Å². The Morgan fingerprint density at radius 1 is 1.44 bits per heavy atom. The van der Waals surface area contributed by atoms with Gasteiger partial charge in [-0.05, 0) is 6.42 Å². The Hall–Kier alpha value is -0.550. The molecule has 0 aromatic heterocycles. The van der Waals surface area contributed by atoms with Gasteiger partial charge in [-0.2, -0.15) is 5.26 Å². The standard InChI is InChI=1S/C7H13NO/c1-2-3-4-6-9-7-5-8/h2-4,6-7H2,1H3. The Kier molecular flexibility index (Phi) is 6.99. The van der Waals surface area contributed by atoms with Crippen molar-refractivity contribution in [3.05, 3.63) is 0 Å². The van der Waals surface area contributed by atoms with E-state index in [-0.39, 0.29) is 6.61 Å². The molecular formula is C7H13NO. The minimum atomic E-state index is 0.240. The van der Waals surface area contributed by atoms with E-state index in [9.17, 15) is 0 Å². The van der Waals surface area contributed by atoms with Crippen molar-refractivity contribution in [2.45, 2.75) is 26.2 Å². The highest BCUT2D eigenvalue weighted by Crippen LogP contribution is 1.92. The molecule has 52 valence electrons. The predicted octanol–water partition coefficient (Wildman–Crippen LogP) is 1.72. The van der Waals surface area contributed by atoms with Gasteiger partial charge >= 0.3 is 0 Å². The third kappa shape index (κ3) is 7.45. The van der Waals surface area contributed by atoms with Gasteiger partial charge in [-0.1, -0.05) is 19.8 Å². The Morgan fingerprint density at radius 2 is 2.22 bits per heavy atom. The van der Waals surface area contributed by atoms with Crippen LogP contribution in [-0.2, 0) is 4.74 Å². The Bertz CT molecular complexity index is 85.4. The van der Waals surface area contributed by atoms with E-state index in [1.54, 1.807) is 0 Å². The van der Waals surface area contributed by atoms with Gasteiger partial charge in [-0.25, -0.2) is 0 Å². The molecule has 0 unspecified atom stereocenters. The van der Waals surface area contributed by atoms with Gasteiger partial charge in [0.25, 0.3) is 0 Å². The molecule has 0 bridgehead atoms. The summed E-state index contributed by atoms with van der Waals surface area (Å²) in [5, 5.41) is 8.05. The summed E-state index contributed by atoms with van der Waals surface area (Å²) in [6, 6.07) is 1.92. The van der Waals surface area contributed by atoms with Crippen LogP contribution in [0.1, 0.15) is 26.2 Å². The second-order valence-corrected chi connectivity index (χ2v) is 1.92. The van der Waals surface area contributed by atoms with Crippen molar-refractivity contribution in [1.29, 1.82) is 5.26 Å². The molecular weight excluding hydrogens is 114 g/mol. The number of hydrogen-bond donors (Lipinski definition) is 0. The summed E-state index contributed by atoms with van der Waals surface area (Å²) in [4.78, 5) is 0. The summed E-state index contributed by atoms with van der Waals surface area (Å²) < 4.78 is 4.92. The van der Waals surface area contributed by atoms with E-state index in [1.165, 1.54) is 12.8 Å². The summed E-state index contributed by atoms with van der Waals surface area (Å²) in [7, 11) is 0. The zero-order valence-electron chi connectivity index (χ0n) is 5.89. The van der Waals surface area contributed by atoms with Gasteiger partial charge in [0.05, 0.1) is 6.07 Å². The van der Waals surface area contributed by atoms with Crippen LogP contribution in [0.4, 0.5) is 0 Å². The zero-order chi connectivity index (χ0) is 6.95. The minimum absolute atomic E-state index is 0.240. The van der Waals surface area contributed by atoms with E-state index in [1.807, 2.05) is 6.07 Å². The Morgan fingerprint density at radius 3 is 2.78 bits per heavy atom. The van der Waals surface area contributed by atoms with Crippen molar-refractivity contribution in [2.75, 3.05) is 13.2 Å². The summed E-state index contributed by atoms with van der Waals surface area (Å²) in [6.45, 7) is 3.12. The fourth-order valence-corrected chi connectivity index (χ4v) is 0.572. The van der Waals surface area contributed by atoms with Crippen molar-refractivity contribution >= 4 is 0 Å². The second kappa shape index (κ2) is 7.45. The normalized spacial score (nSPS) is 8.89. The fourth-order valence-electron chi connectivity index (χ4n) is 0.572. The van der Waals surface area contributed by atoms with E-state index in [2.05, 4.69) is 6.92 Å². The molecule has 0 saturated heterocycles. The van der Waals surface area contributed by atoms with Crippen LogP contribution in [-0.4, -0.2) is 13.2 Å². The first-order valence-corrected chi connectivity index (χ1v) is 3.36. The third-order valence-corrected chi connectivity index (χ3v) is 1.06. The number of hydrogen-bond acceptors (Lipinski definition) is 2. The average molecular weight is 127 g/mol. The third-order valence-electron chi connectivity index (χ3n) is 1.06. The molecule has 0 aliphatic carbocycles. The maximum absolute atomic E-state index is 8.05. The molecule has 0 aromatic rings. The fraction of sp³-hybridized carbons (Fsp3) is 0.857. The first kappa shape index (κ1) is 8.45. The van der Waals surface area contributed by atoms with Crippen molar-refractivity contribution in [3.8, 4) is 6.07 Å². The van der Waals surface area contributed by atoms with E-state index in [4.69, 9.17) is 10.00 Å². The largest absolute Gasteiger partial charge is 0.367 e. The molecule has 0 fully saturated rings. The maximum Gasteiger partial charge on any atom is 0.133 e. The van der Waals surface area contributed by atoms with Gasteiger partial charge in [-0.3, -0.25) is 0 Å². The zero-order valence-corrected chi connectivity index (χ0v) is 5.89. The lowest BCUT2D eigenvalue weighted by Crippen LogP contribution is -1.93. The molecule has 0 rings (SSSR count). The minimum Gasteiger partial charge on any atom is -0.367 e. The lowest BCUT2D eigenvalue weighted by molar-refractivity contribution is 0.161. The quantitative estimate of drug-likeness (QED) is 0.527. The molecule has 0 aliphatic heterocycles. The molecule has 2 heteroatoms. The molecule has 0 amide bonds. The van der Waals surface area contributed by atoms with Crippen LogP contribution in [0, 0.1) is 11.3 Å². The average Bonchev–Trinajstić information content (AvgIpc) is 1.89. The van der Waals surface area contributed by atoms with Gasteiger partial charge in [0, 0.05) is 6.61 Å². The number of nitrogens with zero attached hydrogens (tertiary/aromatic N) is 1. The van der Waals surface area contributed by atoms with Gasteiger partial charge in [0.1, 0.15) is 6.61 Å². The van der Waals surface area contributed by atoms with E-state index < -0.39 is 0 Å². The molecule has 9 heavy (non-hydrogen) atoms. The molecule has 2 nitrogen and oxygen atoms in total. The molecule has 0 N–H and O–H groups in total. The SMILES string of the molecule is CCCCCOCC#N. The molecule has 0 aliphatic rings. The highest BCUT2D eigenvalue weighted by atomic mass is 16.5. The number of ether oxygens (including phenoxy) is 1. The van der Waals surface area contributed by atoms with Gasteiger partial charge in [-0.15, -0.1) is 0 Å². The topological polar surface area (TPSA) is 33.0 Å². The first-order chi connectivity index (χ1) is 4.41. The molecule has 0 spiro atoms. The number of unbranched alkanes of at least 4 members (excludes halogenated alkanes) is 2. The lowest BCUT2D eigenvalue weighted by Gasteiger charge is -1.95. The Labute approximate surface area is 56.4 Å². The van der Waals surface area contributed by atoms with E-state index in [0.29, 0.717) is 0 Å². The van der Waals surface area contributed by atoms with Crippen LogP contribution in [0.5, 0.6) is 0 Å². The first-order valence-electron chi connectivity index (χ1n) is 3.36. The highest BCUT2D eigenvalue weighted by molar-refractivity contribution is 4.65. The van der Waals surface area contributed by atoms with Crippen molar-refractivity contribution in [2.24, 2.45) is 0 Å². The van der Waals surface area contributed by atoms with Crippen LogP contribution in [0.25, 0.3) is 0 Å². The van der Waals surface area contributed by atoms with E-state index in [0.717, 1.165) is 13.0 Å². The van der Waals surface area contributed by atoms with Crippen molar-refractivity contribution < 1.29 is 4.74 Å². The smallest absolute Gasteiger partial charge is 0.133 e. The van der Waals surface area contributed by atoms with Gasteiger partial charge in [0.2, 0.25) is 0 Å². The molecule has 0 radical (unpaired) electrons. The molecule has 0 atom stereocenters. The highest BCUT2D eigenvalue weighted by Gasteiger charge is 1.84. The van der Waals surface area contributed by atoms with Gasteiger partial charge in [0.15, 0.2) is 0 Å². The maximum atomic E-state index is 8.05. The van der Waals surface area contributed by atoms with Crippen LogP contribution >= 0.6 is 0 Å². The monoisotopic (exact) mass is 127 g/mol. The molecule has 0 saturated carbocycles. The van der Waals surface area contributed by atoms with Crippen LogP contribution in [0.2, 0.25) is 0 Å². The summed E-state index contributed by atoms with van der Waals surface area (Å²) in [6.07, 6.45) is 3.49. The number of rotatable bonds is 5. The van der Waals surface area contributed by atoms with Crippen LogP contribution in [0.3, 0.4) is 0 Å². The molecule has 0 heterocycles. The van der Waals surface area contributed by atoms with Crippen molar-refractivity contribution in [1.82, 2.24) is 0 Å². The van der Waals surface area contributed by atoms with Crippen LogP contribution in [0.15, 0.2) is 0 Å². The van der Waals surface area contributed by atoms with Crippen molar-refractivity contribution in [3.63, 3.8) is 0 Å². The van der Waals surface area contributed by atoms with Gasteiger partial charge < -0.3 is 4.74 Å². The van der Waals surface area contributed by atoms with E-state index >= 15 is 0 Å². The molecule has 0 aromatic carbocycles. The number of nitriles is 1. The second-order valence-electron chi connectivity index (χ2n) is 1.92. The summed E-state index contributed by atoms with van der Waals surface area (Å²) in [5.41, 5.74) is 0. The predicted molar refractivity (Wildman–Crippen MR) is 36.0 cm³/mol.